The largest absolute Gasteiger partial charge is 0.471 e. The average Bonchev–Trinajstić information content (AvgIpc) is 2.21. The van der Waals surface area contributed by atoms with Crippen molar-refractivity contribution in [2.75, 3.05) is 5.32 Å². The van der Waals surface area contributed by atoms with Crippen LogP contribution in [0.15, 0.2) is 18.2 Å². The molecule has 0 bridgehead atoms. The highest BCUT2D eigenvalue weighted by Gasteiger charge is 2.39. The topological polar surface area (TPSA) is 55.4 Å². The van der Waals surface area contributed by atoms with E-state index in [0.29, 0.717) is 6.07 Å². The lowest BCUT2D eigenvalue weighted by Crippen LogP contribution is -2.30. The number of hydrogen-bond acceptors (Lipinski definition) is 3. The molecule has 0 unspecified atom stereocenters. The van der Waals surface area contributed by atoms with E-state index in [4.69, 9.17) is 0 Å². The number of alkyl halides is 3. The number of anilines is 1. The maximum atomic E-state index is 12.7. The van der Waals surface area contributed by atoms with Crippen LogP contribution in [0.4, 0.5) is 23.2 Å². The van der Waals surface area contributed by atoms with Gasteiger partial charge in [-0.05, 0) is 12.1 Å². The van der Waals surface area contributed by atoms with E-state index in [2.05, 4.69) is 4.74 Å². The summed E-state index contributed by atoms with van der Waals surface area (Å²) in [7, 11) is 0. The summed E-state index contributed by atoms with van der Waals surface area (Å²) in [5.41, 5.74) is -0.458. The quantitative estimate of drug-likeness (QED) is 0.659. The van der Waals surface area contributed by atoms with Crippen LogP contribution in [0.5, 0.6) is 5.75 Å². The molecule has 0 aliphatic heterocycles. The Morgan fingerprint density at radius 2 is 2.00 bits per heavy atom. The number of amides is 1. The minimum Gasteiger partial charge on any atom is -0.426 e. The first-order valence-corrected chi connectivity index (χ1v) is 4.12. The van der Waals surface area contributed by atoms with E-state index in [9.17, 15) is 27.2 Å². The van der Waals surface area contributed by atoms with E-state index in [1.165, 1.54) is 5.32 Å². The maximum absolute atomic E-state index is 12.7. The van der Waals surface area contributed by atoms with E-state index in [0.717, 1.165) is 12.1 Å². The SMILES string of the molecule is O=COc1cc(F)ccc1NC(=O)C(F)(F)F. The second kappa shape index (κ2) is 4.81. The standard InChI is InChI=1S/C9H5F4NO3/c10-5-1-2-6(7(3-5)17-4-15)14-8(16)9(11,12)13/h1-4H,(H,14,16). The third-order valence-electron chi connectivity index (χ3n) is 1.62. The molecule has 0 aromatic heterocycles. The zero-order chi connectivity index (χ0) is 13.1. The van der Waals surface area contributed by atoms with E-state index in [1.807, 2.05) is 0 Å². The zero-order valence-corrected chi connectivity index (χ0v) is 8.05. The Labute approximate surface area is 92.2 Å². The molecule has 1 amide bonds. The Bertz CT molecular complexity index is 444. The first kappa shape index (κ1) is 12.9. The van der Waals surface area contributed by atoms with Gasteiger partial charge in [0.05, 0.1) is 5.69 Å². The Balaban J connectivity index is 2.98. The number of nitrogens with one attached hydrogen (secondary N) is 1. The van der Waals surface area contributed by atoms with Gasteiger partial charge in [-0.15, -0.1) is 0 Å². The van der Waals surface area contributed by atoms with Crippen LogP contribution in [-0.4, -0.2) is 18.6 Å². The van der Waals surface area contributed by atoms with Crippen LogP contribution in [0.3, 0.4) is 0 Å². The molecule has 17 heavy (non-hydrogen) atoms. The van der Waals surface area contributed by atoms with Crippen LogP contribution in [0, 0.1) is 5.82 Å². The Kier molecular flexibility index (Phi) is 3.66. The van der Waals surface area contributed by atoms with E-state index >= 15 is 0 Å². The van der Waals surface area contributed by atoms with Gasteiger partial charge in [-0.2, -0.15) is 13.2 Å². The molecule has 1 aromatic rings. The molecule has 1 rings (SSSR count). The van der Waals surface area contributed by atoms with Crippen molar-refractivity contribution in [1.82, 2.24) is 0 Å². The van der Waals surface area contributed by atoms with Gasteiger partial charge in [0.2, 0.25) is 0 Å². The van der Waals surface area contributed by atoms with Crippen LogP contribution in [-0.2, 0) is 9.59 Å². The first-order valence-electron chi connectivity index (χ1n) is 4.12. The molecule has 0 spiro atoms. The summed E-state index contributed by atoms with van der Waals surface area (Å²) in [6.45, 7) is -0.0992. The van der Waals surface area contributed by atoms with Gasteiger partial charge in [-0.3, -0.25) is 9.59 Å². The normalized spacial score (nSPS) is 10.8. The highest BCUT2D eigenvalue weighted by Crippen LogP contribution is 2.27. The lowest BCUT2D eigenvalue weighted by Gasteiger charge is -2.10. The number of rotatable bonds is 3. The van der Waals surface area contributed by atoms with Crippen molar-refractivity contribution in [1.29, 1.82) is 0 Å². The third kappa shape index (κ3) is 3.44. The molecular weight excluding hydrogens is 246 g/mol. The van der Waals surface area contributed by atoms with Crippen molar-refractivity contribution in [3.05, 3.63) is 24.0 Å². The van der Waals surface area contributed by atoms with Gasteiger partial charge in [0.15, 0.2) is 5.75 Å². The van der Waals surface area contributed by atoms with Crippen LogP contribution in [0.1, 0.15) is 0 Å². The molecule has 0 fully saturated rings. The molecule has 0 heterocycles. The summed E-state index contributed by atoms with van der Waals surface area (Å²) < 4.78 is 52.7. The molecule has 4 nitrogen and oxygen atoms in total. The van der Waals surface area contributed by atoms with Crippen molar-refractivity contribution >= 4 is 18.1 Å². The van der Waals surface area contributed by atoms with Gasteiger partial charge in [0, 0.05) is 6.07 Å². The second-order valence-corrected chi connectivity index (χ2v) is 2.81. The van der Waals surface area contributed by atoms with Gasteiger partial charge in [0.1, 0.15) is 5.82 Å². The molecule has 92 valence electrons. The molecule has 0 radical (unpaired) electrons. The third-order valence-corrected chi connectivity index (χ3v) is 1.62. The van der Waals surface area contributed by atoms with Gasteiger partial charge < -0.3 is 10.1 Å². The summed E-state index contributed by atoms with van der Waals surface area (Å²) in [6.07, 6.45) is -5.09. The Morgan fingerprint density at radius 3 is 2.53 bits per heavy atom. The molecule has 1 aromatic carbocycles. The lowest BCUT2D eigenvalue weighted by atomic mass is 10.3. The minimum absolute atomic E-state index is 0.0992. The summed E-state index contributed by atoms with van der Waals surface area (Å²) >= 11 is 0. The predicted molar refractivity (Wildman–Crippen MR) is 47.8 cm³/mol. The van der Waals surface area contributed by atoms with Gasteiger partial charge in [-0.25, -0.2) is 4.39 Å². The number of carbonyl (C=O) groups is 2. The summed E-state index contributed by atoms with van der Waals surface area (Å²) in [5, 5.41) is 1.45. The molecule has 8 heteroatoms. The Hall–Kier alpha value is -2.12. The number of hydrogen-bond donors (Lipinski definition) is 1. The van der Waals surface area contributed by atoms with Crippen molar-refractivity contribution in [3.63, 3.8) is 0 Å². The van der Waals surface area contributed by atoms with Gasteiger partial charge >= 0.3 is 12.1 Å². The smallest absolute Gasteiger partial charge is 0.426 e. The fourth-order valence-electron chi connectivity index (χ4n) is 0.942. The fraction of sp³-hybridized carbons (Fsp3) is 0.111. The molecule has 0 saturated carbocycles. The first-order chi connectivity index (χ1) is 7.84. The van der Waals surface area contributed by atoms with E-state index < -0.39 is 29.3 Å². The van der Waals surface area contributed by atoms with Crippen LogP contribution in [0.25, 0.3) is 0 Å². The van der Waals surface area contributed by atoms with Crippen molar-refractivity contribution in [3.8, 4) is 5.75 Å². The minimum atomic E-state index is -5.09. The predicted octanol–water partition coefficient (Wildman–Crippen LogP) is 1.86. The number of benzene rings is 1. The lowest BCUT2D eigenvalue weighted by molar-refractivity contribution is -0.167. The zero-order valence-electron chi connectivity index (χ0n) is 8.05. The Morgan fingerprint density at radius 1 is 1.35 bits per heavy atom. The van der Waals surface area contributed by atoms with Crippen molar-refractivity contribution in [2.24, 2.45) is 0 Å². The second-order valence-electron chi connectivity index (χ2n) is 2.81. The average molecular weight is 251 g/mol. The monoisotopic (exact) mass is 251 g/mol. The molecule has 1 N–H and O–H groups in total. The molecule has 0 aliphatic rings. The molecule has 0 aliphatic carbocycles. The van der Waals surface area contributed by atoms with Crippen LogP contribution in [0.2, 0.25) is 0 Å². The van der Waals surface area contributed by atoms with Gasteiger partial charge in [-0.1, -0.05) is 0 Å². The molecule has 0 atom stereocenters. The van der Waals surface area contributed by atoms with Gasteiger partial charge in [0.25, 0.3) is 6.47 Å². The highest BCUT2D eigenvalue weighted by atomic mass is 19.4. The van der Waals surface area contributed by atoms with Crippen LogP contribution >= 0.6 is 0 Å². The highest BCUT2D eigenvalue weighted by molar-refractivity contribution is 5.96. The number of halogens is 4. The molecule has 0 saturated heterocycles. The molecular formula is C9H5F4NO3. The number of carbonyl (C=O) groups excluding carboxylic acids is 2. The van der Waals surface area contributed by atoms with Crippen molar-refractivity contribution < 1.29 is 31.9 Å². The van der Waals surface area contributed by atoms with E-state index in [-0.39, 0.29) is 6.47 Å². The number of ether oxygens (including phenoxy) is 1. The summed E-state index contributed by atoms with van der Waals surface area (Å²) in [5.74, 6) is -3.59. The van der Waals surface area contributed by atoms with Crippen LogP contribution < -0.4 is 10.1 Å². The van der Waals surface area contributed by atoms with E-state index in [1.54, 1.807) is 0 Å². The van der Waals surface area contributed by atoms with Crippen molar-refractivity contribution in [2.45, 2.75) is 6.18 Å². The fourth-order valence-corrected chi connectivity index (χ4v) is 0.942. The summed E-state index contributed by atoms with van der Waals surface area (Å²) in [6, 6.07) is 2.32. The maximum Gasteiger partial charge on any atom is 0.471 e. The summed E-state index contributed by atoms with van der Waals surface area (Å²) in [4.78, 5) is 20.6.